The molecule has 2 aromatic rings. The third kappa shape index (κ3) is 6.37. The average molecular weight is 576 g/mol. The van der Waals surface area contributed by atoms with E-state index in [1.54, 1.807) is 6.07 Å². The van der Waals surface area contributed by atoms with Gasteiger partial charge in [-0.05, 0) is 60.5 Å². The molecule has 4 rings (SSSR count). The maximum Gasteiger partial charge on any atom is 0.339 e. The Morgan fingerprint density at radius 1 is 1.10 bits per heavy atom. The number of benzene rings is 2. The number of ether oxygens (including phenoxy) is 1. The first kappa shape index (κ1) is 28.5. The van der Waals surface area contributed by atoms with Gasteiger partial charge in [-0.15, -0.1) is 0 Å². The van der Waals surface area contributed by atoms with Crippen molar-refractivity contribution in [2.45, 2.75) is 17.7 Å². The molecule has 206 valence electrons. The van der Waals surface area contributed by atoms with Crippen molar-refractivity contribution in [2.75, 3.05) is 33.3 Å². The number of rotatable bonds is 8. The molecule has 10 nitrogen and oxygen atoms in total. The molecule has 39 heavy (non-hydrogen) atoms. The minimum absolute atomic E-state index is 0.0191. The van der Waals surface area contributed by atoms with Crippen LogP contribution in [0.5, 0.6) is 0 Å². The van der Waals surface area contributed by atoms with Gasteiger partial charge in [-0.3, -0.25) is 19.3 Å². The second-order valence-corrected chi connectivity index (χ2v) is 11.7. The van der Waals surface area contributed by atoms with E-state index < -0.39 is 38.9 Å². The van der Waals surface area contributed by atoms with Gasteiger partial charge in [0.2, 0.25) is 15.9 Å². The number of amides is 3. The largest absolute Gasteiger partial charge is 0.465 e. The van der Waals surface area contributed by atoms with Gasteiger partial charge in [-0.1, -0.05) is 24.3 Å². The number of thioether (sulfide) groups is 1. The van der Waals surface area contributed by atoms with Crippen molar-refractivity contribution in [3.05, 3.63) is 70.4 Å². The summed E-state index contributed by atoms with van der Waals surface area (Å²) in [5.41, 5.74) is 0.525. The lowest BCUT2D eigenvalue weighted by atomic mass is 9.97. The summed E-state index contributed by atoms with van der Waals surface area (Å²) >= 11 is 0.773. The van der Waals surface area contributed by atoms with Crippen LogP contribution in [0.1, 0.15) is 28.8 Å². The number of hydrogen-bond donors (Lipinski definition) is 1. The summed E-state index contributed by atoms with van der Waals surface area (Å²) in [5.74, 6) is -2.40. The predicted octanol–water partition coefficient (Wildman–Crippen LogP) is 2.87. The van der Waals surface area contributed by atoms with Crippen molar-refractivity contribution < 1.29 is 36.7 Å². The number of nitrogens with one attached hydrogen (secondary N) is 1. The summed E-state index contributed by atoms with van der Waals surface area (Å²) in [6.07, 6.45) is 2.05. The van der Waals surface area contributed by atoms with Gasteiger partial charge in [0, 0.05) is 32.1 Å². The molecule has 2 saturated heterocycles. The Morgan fingerprint density at radius 3 is 2.44 bits per heavy atom. The smallest absolute Gasteiger partial charge is 0.339 e. The monoisotopic (exact) mass is 575 g/mol. The Kier molecular flexibility index (Phi) is 8.83. The maximum atomic E-state index is 13.2. The van der Waals surface area contributed by atoms with E-state index in [2.05, 4.69) is 5.32 Å². The zero-order valence-electron chi connectivity index (χ0n) is 21.0. The summed E-state index contributed by atoms with van der Waals surface area (Å²) in [4.78, 5) is 50.8. The second-order valence-electron chi connectivity index (χ2n) is 8.84. The number of hydrogen-bond acceptors (Lipinski definition) is 8. The quantitative estimate of drug-likeness (QED) is 0.376. The Hall–Kier alpha value is -3.55. The molecule has 0 unspecified atom stereocenters. The molecule has 2 aromatic carbocycles. The van der Waals surface area contributed by atoms with Gasteiger partial charge in [0.05, 0.1) is 22.5 Å². The first-order chi connectivity index (χ1) is 18.6. The van der Waals surface area contributed by atoms with Crippen LogP contribution >= 0.6 is 11.8 Å². The van der Waals surface area contributed by atoms with E-state index >= 15 is 0 Å². The molecule has 3 amide bonds. The normalized spacial score (nSPS) is 18.0. The minimum Gasteiger partial charge on any atom is -0.465 e. The van der Waals surface area contributed by atoms with Crippen molar-refractivity contribution in [3.8, 4) is 0 Å². The third-order valence-corrected chi connectivity index (χ3v) is 9.28. The van der Waals surface area contributed by atoms with Gasteiger partial charge in [-0.25, -0.2) is 17.6 Å². The summed E-state index contributed by atoms with van der Waals surface area (Å²) in [5, 5.41) is 2.26. The molecule has 0 aromatic heterocycles. The SMILES string of the molecule is COC(=O)c1ccccc1S(=O)(=O)N1CCC(C(=O)NCCN2C(=O)S/C(=C\c3ccc(F)cc3)C2=O)CC1. The number of halogens is 1. The molecular weight excluding hydrogens is 549 g/mol. The first-order valence-electron chi connectivity index (χ1n) is 12.1. The molecule has 0 aliphatic carbocycles. The Balaban J connectivity index is 1.29. The van der Waals surface area contributed by atoms with Crippen molar-refractivity contribution in [2.24, 2.45) is 5.92 Å². The first-order valence-corrected chi connectivity index (χ1v) is 14.3. The fourth-order valence-electron chi connectivity index (χ4n) is 4.31. The number of imide groups is 1. The van der Waals surface area contributed by atoms with Crippen LogP contribution in [0.15, 0.2) is 58.3 Å². The molecule has 1 N–H and O–H groups in total. The Bertz CT molecular complexity index is 1420. The molecule has 2 aliphatic heterocycles. The van der Waals surface area contributed by atoms with E-state index in [0.29, 0.717) is 5.56 Å². The molecule has 2 fully saturated rings. The minimum atomic E-state index is -3.97. The highest BCUT2D eigenvalue weighted by Crippen LogP contribution is 2.32. The molecule has 0 bridgehead atoms. The van der Waals surface area contributed by atoms with Gasteiger partial charge in [-0.2, -0.15) is 4.31 Å². The number of nitrogens with zero attached hydrogens (tertiary/aromatic N) is 2. The highest BCUT2D eigenvalue weighted by molar-refractivity contribution is 8.18. The van der Waals surface area contributed by atoms with Crippen molar-refractivity contribution in [1.29, 1.82) is 0 Å². The van der Waals surface area contributed by atoms with Crippen LogP contribution in [0.2, 0.25) is 0 Å². The fourth-order valence-corrected chi connectivity index (χ4v) is 6.82. The fraction of sp³-hybridized carbons (Fsp3) is 0.308. The molecule has 0 saturated carbocycles. The zero-order chi connectivity index (χ0) is 28.2. The number of carbonyl (C=O) groups excluding carboxylic acids is 4. The summed E-state index contributed by atoms with van der Waals surface area (Å²) in [6, 6.07) is 11.3. The molecule has 0 spiro atoms. The van der Waals surface area contributed by atoms with Crippen LogP contribution in [0.25, 0.3) is 6.08 Å². The van der Waals surface area contributed by atoms with E-state index in [1.807, 2.05) is 0 Å². The third-order valence-electron chi connectivity index (χ3n) is 6.41. The number of sulfonamides is 1. The number of piperidine rings is 1. The number of methoxy groups -OCH3 is 1. The van der Waals surface area contributed by atoms with E-state index in [0.717, 1.165) is 16.7 Å². The van der Waals surface area contributed by atoms with Crippen LogP contribution in [0.4, 0.5) is 9.18 Å². The van der Waals surface area contributed by atoms with Crippen LogP contribution < -0.4 is 5.32 Å². The average Bonchev–Trinajstić information content (AvgIpc) is 3.21. The van der Waals surface area contributed by atoms with E-state index in [9.17, 15) is 32.0 Å². The van der Waals surface area contributed by atoms with Crippen LogP contribution in [0.3, 0.4) is 0 Å². The van der Waals surface area contributed by atoms with Gasteiger partial charge < -0.3 is 10.1 Å². The van der Waals surface area contributed by atoms with E-state index in [4.69, 9.17) is 4.74 Å². The maximum absolute atomic E-state index is 13.2. The van der Waals surface area contributed by atoms with Crippen molar-refractivity contribution >= 4 is 50.9 Å². The van der Waals surface area contributed by atoms with Gasteiger partial charge in [0.25, 0.3) is 11.1 Å². The van der Waals surface area contributed by atoms with Crippen LogP contribution in [-0.4, -0.2) is 73.9 Å². The van der Waals surface area contributed by atoms with E-state index in [1.165, 1.54) is 60.0 Å². The zero-order valence-corrected chi connectivity index (χ0v) is 22.6. The summed E-state index contributed by atoms with van der Waals surface area (Å²) in [6.45, 7) is 0.209. The standard InChI is InChI=1S/C26H26FN3O7S2/c1-37-25(33)20-4-2-3-5-22(20)39(35,36)29-13-10-18(11-14-29)23(31)28-12-15-30-24(32)21(38-26(30)34)16-17-6-8-19(27)9-7-17/h2-9,16,18H,10-15H2,1H3,(H,28,31)/b21-16-. The molecular formula is C26H26FN3O7S2. The molecule has 2 aliphatic rings. The van der Waals surface area contributed by atoms with Gasteiger partial charge >= 0.3 is 5.97 Å². The molecule has 0 radical (unpaired) electrons. The predicted molar refractivity (Wildman–Crippen MR) is 141 cm³/mol. The van der Waals surface area contributed by atoms with Crippen LogP contribution in [0, 0.1) is 11.7 Å². The molecule has 0 atom stereocenters. The van der Waals surface area contributed by atoms with E-state index in [-0.39, 0.29) is 60.3 Å². The number of esters is 1. The second kappa shape index (κ2) is 12.1. The summed E-state index contributed by atoms with van der Waals surface area (Å²) < 4.78 is 45.4. The highest BCUT2D eigenvalue weighted by atomic mass is 32.2. The molecule has 13 heteroatoms. The lowest BCUT2D eigenvalue weighted by Gasteiger charge is -2.31. The lowest BCUT2D eigenvalue weighted by Crippen LogP contribution is -2.44. The van der Waals surface area contributed by atoms with Gasteiger partial charge in [0.1, 0.15) is 5.82 Å². The Morgan fingerprint density at radius 2 is 1.77 bits per heavy atom. The van der Waals surface area contributed by atoms with Crippen LogP contribution in [-0.2, 0) is 24.3 Å². The number of carbonyl (C=O) groups is 4. The Labute approximate surface area is 229 Å². The van der Waals surface area contributed by atoms with Crippen molar-refractivity contribution in [1.82, 2.24) is 14.5 Å². The van der Waals surface area contributed by atoms with Crippen molar-refractivity contribution in [3.63, 3.8) is 0 Å². The highest BCUT2D eigenvalue weighted by Gasteiger charge is 2.36. The van der Waals surface area contributed by atoms with Gasteiger partial charge in [0.15, 0.2) is 0 Å². The lowest BCUT2D eigenvalue weighted by molar-refractivity contribution is -0.127. The topological polar surface area (TPSA) is 130 Å². The summed E-state index contributed by atoms with van der Waals surface area (Å²) in [7, 11) is -2.80. The molecule has 2 heterocycles.